The topological polar surface area (TPSA) is 91.7 Å². The smallest absolute Gasteiger partial charge is 0.251 e. The molecule has 3 amide bonds. The molecule has 148 valence electrons. The Balaban J connectivity index is 1.68. The van der Waals surface area contributed by atoms with Crippen molar-refractivity contribution < 1.29 is 18.8 Å². The van der Waals surface area contributed by atoms with Gasteiger partial charge in [0, 0.05) is 25.6 Å². The van der Waals surface area contributed by atoms with Gasteiger partial charge in [0.15, 0.2) is 0 Å². The Bertz CT molecular complexity index is 796. The summed E-state index contributed by atoms with van der Waals surface area (Å²) in [6.07, 6.45) is 2.87. The third-order valence-corrected chi connectivity index (χ3v) is 5.08. The lowest BCUT2D eigenvalue weighted by Crippen LogP contribution is -2.53. The van der Waals surface area contributed by atoms with E-state index in [2.05, 4.69) is 10.6 Å². The van der Waals surface area contributed by atoms with Crippen LogP contribution in [0.25, 0.3) is 0 Å². The number of furan rings is 1. The van der Waals surface area contributed by atoms with Crippen LogP contribution in [0.4, 0.5) is 0 Å². The van der Waals surface area contributed by atoms with E-state index in [0.717, 1.165) is 0 Å². The first-order valence-corrected chi connectivity index (χ1v) is 9.46. The zero-order chi connectivity index (χ0) is 19.9. The lowest BCUT2D eigenvalue weighted by Gasteiger charge is -2.35. The standard InChI is InChI=1S/C21H25N3O4/c1-15(25)24-11-9-16(10-12-24)19(21(27)22-14-18-8-5-13-28-18)23-20(26)17-6-3-2-4-7-17/h2-8,13,16,19H,9-12,14H2,1H3,(H,22,27)(H,23,26)/t19-/m1/s1. The molecule has 1 fully saturated rings. The van der Waals surface area contributed by atoms with Gasteiger partial charge in [-0.2, -0.15) is 0 Å². The van der Waals surface area contributed by atoms with Crippen LogP contribution in [0.15, 0.2) is 53.1 Å². The SMILES string of the molecule is CC(=O)N1CCC([C@@H](NC(=O)c2ccccc2)C(=O)NCc2ccco2)CC1. The van der Waals surface area contributed by atoms with Gasteiger partial charge in [-0.15, -0.1) is 0 Å². The molecule has 0 radical (unpaired) electrons. The number of likely N-dealkylation sites (tertiary alicyclic amines) is 1. The summed E-state index contributed by atoms with van der Waals surface area (Å²) in [4.78, 5) is 38.8. The number of carbonyl (C=O) groups excluding carboxylic acids is 3. The van der Waals surface area contributed by atoms with Gasteiger partial charge >= 0.3 is 0 Å². The van der Waals surface area contributed by atoms with E-state index < -0.39 is 6.04 Å². The van der Waals surface area contributed by atoms with E-state index in [0.29, 0.717) is 37.3 Å². The largest absolute Gasteiger partial charge is 0.467 e. The van der Waals surface area contributed by atoms with Crippen molar-refractivity contribution >= 4 is 17.7 Å². The lowest BCUT2D eigenvalue weighted by atomic mass is 9.88. The van der Waals surface area contributed by atoms with Crippen LogP contribution < -0.4 is 10.6 Å². The Morgan fingerprint density at radius 3 is 2.43 bits per heavy atom. The molecular weight excluding hydrogens is 358 g/mol. The predicted octanol–water partition coefficient (Wildman–Crippen LogP) is 1.95. The first-order valence-electron chi connectivity index (χ1n) is 9.46. The van der Waals surface area contributed by atoms with E-state index in [1.54, 1.807) is 54.5 Å². The van der Waals surface area contributed by atoms with E-state index in [4.69, 9.17) is 4.42 Å². The molecule has 0 bridgehead atoms. The van der Waals surface area contributed by atoms with Crippen LogP contribution in [-0.2, 0) is 16.1 Å². The Labute approximate surface area is 164 Å². The average Bonchev–Trinajstić information content (AvgIpc) is 3.24. The van der Waals surface area contributed by atoms with Gasteiger partial charge in [-0.1, -0.05) is 18.2 Å². The maximum atomic E-state index is 12.9. The maximum Gasteiger partial charge on any atom is 0.251 e. The minimum Gasteiger partial charge on any atom is -0.467 e. The van der Waals surface area contributed by atoms with Crippen LogP contribution in [0.3, 0.4) is 0 Å². The van der Waals surface area contributed by atoms with Gasteiger partial charge in [0.05, 0.1) is 12.8 Å². The average molecular weight is 383 g/mol. The summed E-state index contributed by atoms with van der Waals surface area (Å²) in [7, 11) is 0. The highest BCUT2D eigenvalue weighted by atomic mass is 16.3. The van der Waals surface area contributed by atoms with Crippen molar-refractivity contribution in [3.8, 4) is 0 Å². The van der Waals surface area contributed by atoms with Gasteiger partial charge in [0.2, 0.25) is 11.8 Å². The molecule has 7 nitrogen and oxygen atoms in total. The van der Waals surface area contributed by atoms with Gasteiger partial charge in [0.1, 0.15) is 11.8 Å². The summed E-state index contributed by atoms with van der Waals surface area (Å²) < 4.78 is 5.25. The molecule has 0 aliphatic carbocycles. The first kappa shape index (κ1) is 19.7. The van der Waals surface area contributed by atoms with Crippen LogP contribution in [0.1, 0.15) is 35.9 Å². The number of hydrogen-bond donors (Lipinski definition) is 2. The fourth-order valence-corrected chi connectivity index (χ4v) is 3.46. The Morgan fingerprint density at radius 1 is 1.11 bits per heavy atom. The van der Waals surface area contributed by atoms with E-state index >= 15 is 0 Å². The van der Waals surface area contributed by atoms with E-state index in [-0.39, 0.29) is 30.2 Å². The summed E-state index contributed by atoms with van der Waals surface area (Å²) in [5, 5.41) is 5.74. The van der Waals surface area contributed by atoms with Crippen molar-refractivity contribution in [3.05, 3.63) is 60.1 Å². The minimum absolute atomic E-state index is 0.0330. The molecule has 0 spiro atoms. The summed E-state index contributed by atoms with van der Waals surface area (Å²) in [5.41, 5.74) is 0.507. The highest BCUT2D eigenvalue weighted by molar-refractivity contribution is 5.97. The second-order valence-corrected chi connectivity index (χ2v) is 6.96. The molecule has 1 aromatic heterocycles. The summed E-state index contributed by atoms with van der Waals surface area (Å²) in [6, 6.07) is 11.7. The molecule has 3 rings (SSSR count). The highest BCUT2D eigenvalue weighted by Crippen LogP contribution is 2.22. The summed E-state index contributed by atoms with van der Waals surface area (Å²) >= 11 is 0. The molecule has 1 aliphatic rings. The maximum absolute atomic E-state index is 12.9. The molecule has 2 N–H and O–H groups in total. The molecule has 7 heteroatoms. The third-order valence-electron chi connectivity index (χ3n) is 5.08. The number of nitrogens with zero attached hydrogens (tertiary/aromatic N) is 1. The summed E-state index contributed by atoms with van der Waals surface area (Å²) in [5.74, 6) is 0.105. The number of amides is 3. The van der Waals surface area contributed by atoms with E-state index in [1.165, 1.54) is 0 Å². The van der Waals surface area contributed by atoms with Crippen LogP contribution in [0, 0.1) is 5.92 Å². The molecule has 0 unspecified atom stereocenters. The third kappa shape index (κ3) is 5.00. The molecule has 1 aromatic carbocycles. The minimum atomic E-state index is -0.670. The van der Waals surface area contributed by atoms with Crippen LogP contribution >= 0.6 is 0 Å². The Kier molecular flexibility index (Phi) is 6.47. The van der Waals surface area contributed by atoms with Gasteiger partial charge in [0.25, 0.3) is 5.91 Å². The Hall–Kier alpha value is -3.09. The molecular formula is C21H25N3O4. The molecule has 2 aromatic rings. The fourth-order valence-electron chi connectivity index (χ4n) is 3.46. The van der Waals surface area contributed by atoms with Crippen LogP contribution in [0.2, 0.25) is 0 Å². The monoisotopic (exact) mass is 383 g/mol. The van der Waals surface area contributed by atoms with Crippen molar-refractivity contribution in [2.45, 2.75) is 32.4 Å². The van der Waals surface area contributed by atoms with Crippen molar-refractivity contribution in [3.63, 3.8) is 0 Å². The van der Waals surface area contributed by atoms with Gasteiger partial charge in [-0.3, -0.25) is 14.4 Å². The number of rotatable bonds is 6. The zero-order valence-corrected chi connectivity index (χ0v) is 15.9. The molecule has 1 saturated heterocycles. The molecule has 1 atom stereocenters. The number of hydrogen-bond acceptors (Lipinski definition) is 4. The van der Waals surface area contributed by atoms with Gasteiger partial charge < -0.3 is 20.0 Å². The van der Waals surface area contributed by atoms with Crippen molar-refractivity contribution in [2.24, 2.45) is 5.92 Å². The molecule has 28 heavy (non-hydrogen) atoms. The quantitative estimate of drug-likeness (QED) is 0.798. The van der Waals surface area contributed by atoms with Crippen molar-refractivity contribution in [1.29, 1.82) is 0 Å². The molecule has 0 saturated carbocycles. The van der Waals surface area contributed by atoms with Crippen LogP contribution in [-0.4, -0.2) is 41.8 Å². The zero-order valence-electron chi connectivity index (χ0n) is 15.9. The first-order chi connectivity index (χ1) is 13.5. The number of carbonyl (C=O) groups is 3. The second kappa shape index (κ2) is 9.21. The number of nitrogens with one attached hydrogen (secondary N) is 2. The predicted molar refractivity (Wildman–Crippen MR) is 103 cm³/mol. The van der Waals surface area contributed by atoms with E-state index in [1.807, 2.05) is 6.07 Å². The van der Waals surface area contributed by atoms with Crippen molar-refractivity contribution in [1.82, 2.24) is 15.5 Å². The van der Waals surface area contributed by atoms with Crippen LogP contribution in [0.5, 0.6) is 0 Å². The fraction of sp³-hybridized carbons (Fsp3) is 0.381. The van der Waals surface area contributed by atoms with E-state index in [9.17, 15) is 14.4 Å². The summed E-state index contributed by atoms with van der Waals surface area (Å²) in [6.45, 7) is 2.98. The second-order valence-electron chi connectivity index (χ2n) is 6.96. The van der Waals surface area contributed by atoms with Crippen molar-refractivity contribution in [2.75, 3.05) is 13.1 Å². The Morgan fingerprint density at radius 2 is 1.82 bits per heavy atom. The highest BCUT2D eigenvalue weighted by Gasteiger charge is 2.33. The number of piperidine rings is 1. The molecule has 1 aliphatic heterocycles. The lowest BCUT2D eigenvalue weighted by molar-refractivity contribution is -0.130. The normalized spacial score (nSPS) is 15.7. The molecule has 2 heterocycles. The van der Waals surface area contributed by atoms with Gasteiger partial charge in [-0.25, -0.2) is 0 Å². The number of benzene rings is 1. The van der Waals surface area contributed by atoms with Gasteiger partial charge in [-0.05, 0) is 43.0 Å².